The molecular formula is C10H13NO4. The van der Waals surface area contributed by atoms with Crippen molar-refractivity contribution in [3.63, 3.8) is 0 Å². The maximum Gasteiger partial charge on any atom is 0.349 e. The second-order valence-corrected chi connectivity index (χ2v) is 3.04. The van der Waals surface area contributed by atoms with Crippen molar-refractivity contribution in [1.82, 2.24) is 5.48 Å². The maximum absolute atomic E-state index is 11.5. The van der Waals surface area contributed by atoms with Crippen molar-refractivity contribution in [3.05, 3.63) is 23.1 Å². The molecule has 5 heteroatoms. The van der Waals surface area contributed by atoms with Crippen LogP contribution in [0.3, 0.4) is 0 Å². The van der Waals surface area contributed by atoms with Gasteiger partial charge in [0.15, 0.2) is 5.78 Å². The molecule has 0 unspecified atom stereocenters. The predicted octanol–water partition coefficient (Wildman–Crippen LogP) is 1.05. The van der Waals surface area contributed by atoms with Gasteiger partial charge in [-0.3, -0.25) is 15.5 Å². The molecule has 0 bridgehead atoms. The fourth-order valence-corrected chi connectivity index (χ4v) is 1.28. The van der Waals surface area contributed by atoms with Crippen molar-refractivity contribution in [2.45, 2.75) is 26.7 Å². The van der Waals surface area contributed by atoms with Gasteiger partial charge < -0.3 is 4.74 Å². The molecule has 0 amide bonds. The summed E-state index contributed by atoms with van der Waals surface area (Å²) in [4.78, 5) is 23.0. The Labute approximate surface area is 87.4 Å². The molecule has 0 fully saturated rings. The second kappa shape index (κ2) is 4.75. The van der Waals surface area contributed by atoms with Crippen molar-refractivity contribution in [2.24, 2.45) is 0 Å². The molecule has 0 saturated carbocycles. The number of cyclic esters (lactones) is 1. The van der Waals surface area contributed by atoms with Gasteiger partial charge in [0.05, 0.1) is 5.70 Å². The van der Waals surface area contributed by atoms with E-state index in [1.54, 1.807) is 13.8 Å². The summed E-state index contributed by atoms with van der Waals surface area (Å²) in [5.41, 5.74) is 1.89. The summed E-state index contributed by atoms with van der Waals surface area (Å²) >= 11 is 0. The first-order valence-electron chi connectivity index (χ1n) is 4.74. The molecule has 1 heterocycles. The predicted molar refractivity (Wildman–Crippen MR) is 51.7 cm³/mol. The molecule has 1 aliphatic rings. The summed E-state index contributed by atoms with van der Waals surface area (Å²) in [5, 5.41) is 8.75. The Kier molecular flexibility index (Phi) is 3.62. The van der Waals surface area contributed by atoms with E-state index < -0.39 is 11.8 Å². The molecule has 82 valence electrons. The number of rotatable bonds is 3. The zero-order valence-electron chi connectivity index (χ0n) is 8.66. The lowest BCUT2D eigenvalue weighted by molar-refractivity contribution is -0.138. The smallest absolute Gasteiger partial charge is 0.349 e. The number of hydrogen-bond donors (Lipinski definition) is 2. The fraction of sp³-hybridized carbons (Fsp3) is 0.400. The molecule has 0 aliphatic carbocycles. The highest BCUT2D eigenvalue weighted by molar-refractivity contribution is 6.24. The summed E-state index contributed by atoms with van der Waals surface area (Å²) < 4.78 is 4.90. The molecule has 0 atom stereocenters. The first-order valence-corrected chi connectivity index (χ1v) is 4.74. The fourth-order valence-electron chi connectivity index (χ4n) is 1.28. The lowest BCUT2D eigenvalue weighted by atomic mass is 10.0. The quantitative estimate of drug-likeness (QED) is 0.316. The van der Waals surface area contributed by atoms with Gasteiger partial charge in [0.25, 0.3) is 0 Å². The molecule has 1 rings (SSSR count). The summed E-state index contributed by atoms with van der Waals surface area (Å²) in [5.74, 6) is -0.790. The molecule has 2 N–H and O–H groups in total. The minimum absolute atomic E-state index is 0.128. The number of esters is 1. The molecule has 0 spiro atoms. The Bertz CT molecular complexity index is 348. The lowest BCUT2D eigenvalue weighted by Crippen LogP contribution is -2.25. The van der Waals surface area contributed by atoms with Crippen molar-refractivity contribution in [1.29, 1.82) is 0 Å². The summed E-state index contributed by atoms with van der Waals surface area (Å²) in [6.07, 6.45) is 2.10. The van der Waals surface area contributed by atoms with E-state index in [4.69, 9.17) is 9.94 Å². The Morgan fingerprint density at radius 1 is 1.47 bits per heavy atom. The van der Waals surface area contributed by atoms with Crippen molar-refractivity contribution in [2.75, 3.05) is 0 Å². The van der Waals surface area contributed by atoms with Crippen molar-refractivity contribution in [3.8, 4) is 0 Å². The minimum Gasteiger partial charge on any atom is -0.427 e. The van der Waals surface area contributed by atoms with E-state index in [0.717, 1.165) is 0 Å². The van der Waals surface area contributed by atoms with Crippen LogP contribution in [0.1, 0.15) is 26.7 Å². The standard InChI is InChI=1S/C10H13NO4/c1-3-6-5-8(12)9(10(13)15-6)7(4-2)11-14/h5,11,14H,3-4H2,1-2H3. The van der Waals surface area contributed by atoms with Gasteiger partial charge in [0.1, 0.15) is 11.3 Å². The van der Waals surface area contributed by atoms with Crippen LogP contribution in [-0.2, 0) is 14.3 Å². The van der Waals surface area contributed by atoms with E-state index in [-0.39, 0.29) is 11.3 Å². The Balaban J connectivity index is 3.13. The van der Waals surface area contributed by atoms with E-state index in [1.165, 1.54) is 6.08 Å². The SMILES string of the molecule is CCC1=CC(=O)C(=C(CC)NO)C(=O)O1. The second-order valence-electron chi connectivity index (χ2n) is 3.04. The molecule has 0 aromatic heterocycles. The number of carbonyl (C=O) groups excluding carboxylic acids is 2. The van der Waals surface area contributed by atoms with E-state index >= 15 is 0 Å². The van der Waals surface area contributed by atoms with Crippen LogP contribution in [0.4, 0.5) is 0 Å². The van der Waals surface area contributed by atoms with Gasteiger partial charge >= 0.3 is 5.97 Å². The first-order chi connectivity index (χ1) is 7.13. The minimum atomic E-state index is -0.710. The highest BCUT2D eigenvalue weighted by atomic mass is 16.5. The van der Waals surface area contributed by atoms with Crippen LogP contribution in [-0.4, -0.2) is 17.0 Å². The largest absolute Gasteiger partial charge is 0.427 e. The molecule has 0 aromatic carbocycles. The van der Waals surface area contributed by atoms with Crippen LogP contribution >= 0.6 is 0 Å². The summed E-state index contributed by atoms with van der Waals surface area (Å²) in [6, 6.07) is 0. The third-order valence-electron chi connectivity index (χ3n) is 2.11. The number of hydrogen-bond acceptors (Lipinski definition) is 5. The van der Waals surface area contributed by atoms with E-state index in [9.17, 15) is 9.59 Å². The van der Waals surface area contributed by atoms with Gasteiger partial charge in [-0.1, -0.05) is 13.8 Å². The lowest BCUT2D eigenvalue weighted by Gasteiger charge is -2.16. The van der Waals surface area contributed by atoms with Crippen LogP contribution in [0.2, 0.25) is 0 Å². The van der Waals surface area contributed by atoms with Gasteiger partial charge in [0.2, 0.25) is 0 Å². The number of ether oxygens (including phenoxy) is 1. The van der Waals surface area contributed by atoms with Crippen LogP contribution in [0.25, 0.3) is 0 Å². The maximum atomic E-state index is 11.5. The monoisotopic (exact) mass is 211 g/mol. The third-order valence-corrected chi connectivity index (χ3v) is 2.11. The normalized spacial score (nSPS) is 19.5. The third kappa shape index (κ3) is 2.24. The van der Waals surface area contributed by atoms with E-state index in [0.29, 0.717) is 18.6 Å². The van der Waals surface area contributed by atoms with Crippen molar-refractivity contribution < 1.29 is 19.5 Å². The van der Waals surface area contributed by atoms with Crippen LogP contribution in [0.5, 0.6) is 0 Å². The van der Waals surface area contributed by atoms with Gasteiger partial charge in [-0.2, -0.15) is 0 Å². The van der Waals surface area contributed by atoms with Crippen LogP contribution in [0, 0.1) is 0 Å². The highest BCUT2D eigenvalue weighted by Crippen LogP contribution is 2.19. The Morgan fingerprint density at radius 2 is 2.13 bits per heavy atom. The Hall–Kier alpha value is -1.62. The topological polar surface area (TPSA) is 75.6 Å². The van der Waals surface area contributed by atoms with E-state index in [2.05, 4.69) is 0 Å². The zero-order valence-corrected chi connectivity index (χ0v) is 8.66. The summed E-state index contributed by atoms with van der Waals surface area (Å²) in [6.45, 7) is 3.50. The molecule has 0 saturated heterocycles. The number of carbonyl (C=O) groups is 2. The van der Waals surface area contributed by atoms with Gasteiger partial charge in [-0.15, -0.1) is 0 Å². The van der Waals surface area contributed by atoms with Gasteiger partial charge in [-0.25, -0.2) is 4.79 Å². The zero-order chi connectivity index (χ0) is 11.4. The molecular weight excluding hydrogens is 198 g/mol. The molecule has 0 radical (unpaired) electrons. The number of ketones is 1. The van der Waals surface area contributed by atoms with Gasteiger partial charge in [-0.05, 0) is 6.42 Å². The number of nitrogens with one attached hydrogen (secondary N) is 1. The number of hydroxylamine groups is 1. The first kappa shape index (κ1) is 11.5. The van der Waals surface area contributed by atoms with Crippen LogP contribution < -0.4 is 5.48 Å². The highest BCUT2D eigenvalue weighted by Gasteiger charge is 2.28. The van der Waals surface area contributed by atoms with E-state index in [1.807, 2.05) is 5.48 Å². The molecule has 5 nitrogen and oxygen atoms in total. The summed E-state index contributed by atoms with van der Waals surface area (Å²) in [7, 11) is 0. The average molecular weight is 211 g/mol. The van der Waals surface area contributed by atoms with Crippen LogP contribution in [0.15, 0.2) is 23.1 Å². The Morgan fingerprint density at radius 3 is 2.53 bits per heavy atom. The molecule has 1 aliphatic heterocycles. The molecule has 0 aromatic rings. The number of allylic oxidation sites excluding steroid dienone is 3. The van der Waals surface area contributed by atoms with Gasteiger partial charge in [0, 0.05) is 12.5 Å². The average Bonchev–Trinajstić information content (AvgIpc) is 2.23. The van der Waals surface area contributed by atoms with Crippen molar-refractivity contribution >= 4 is 11.8 Å². The molecule has 15 heavy (non-hydrogen) atoms.